The van der Waals surface area contributed by atoms with Crippen LogP contribution < -0.4 is 0 Å². The second-order valence-electron chi connectivity index (χ2n) is 5.75. The average Bonchev–Trinajstić information content (AvgIpc) is 2.18. The van der Waals surface area contributed by atoms with Gasteiger partial charge in [0.25, 0.3) is 0 Å². The van der Waals surface area contributed by atoms with Gasteiger partial charge in [-0.1, -0.05) is 34.1 Å². The van der Waals surface area contributed by atoms with Gasteiger partial charge in [0.2, 0.25) is 0 Å². The minimum absolute atomic E-state index is 0.105. The van der Waals surface area contributed by atoms with Crippen molar-refractivity contribution in [2.24, 2.45) is 23.7 Å². The first-order valence-electron chi connectivity index (χ1n) is 6.49. The van der Waals surface area contributed by atoms with Crippen LogP contribution in [0.4, 0.5) is 26.3 Å². The average molecular weight is 292 g/mol. The molecule has 0 saturated carbocycles. The Morgan fingerprint density at radius 1 is 0.737 bits per heavy atom. The number of halogens is 6. The van der Waals surface area contributed by atoms with Gasteiger partial charge < -0.3 is 0 Å². The molecule has 0 rings (SSSR count). The zero-order valence-corrected chi connectivity index (χ0v) is 11.7. The van der Waals surface area contributed by atoms with Crippen LogP contribution in [0.2, 0.25) is 0 Å². The maximum absolute atomic E-state index is 12.7. The van der Waals surface area contributed by atoms with Gasteiger partial charge in [0, 0.05) is 0 Å². The molecule has 0 heterocycles. The fourth-order valence-electron chi connectivity index (χ4n) is 2.03. The van der Waals surface area contributed by atoms with Crippen LogP contribution in [0.15, 0.2) is 0 Å². The summed E-state index contributed by atoms with van der Waals surface area (Å²) in [6.45, 7) is 5.63. The smallest absolute Gasteiger partial charge is 0.171 e. The van der Waals surface area contributed by atoms with E-state index >= 15 is 0 Å². The molecule has 3 unspecified atom stereocenters. The standard InChI is InChI=1S/C13H22F6/c1-8(2)11(13(17,18)19)7-9(3)5-6-10(4)12(14,15)16/h8-11H,5-7H2,1-4H3. The maximum atomic E-state index is 12.7. The fraction of sp³-hybridized carbons (Fsp3) is 1.00. The Labute approximate surface area is 110 Å². The van der Waals surface area contributed by atoms with Crippen molar-refractivity contribution in [1.29, 1.82) is 0 Å². The molecule has 0 fully saturated rings. The summed E-state index contributed by atoms with van der Waals surface area (Å²) in [4.78, 5) is 0. The first kappa shape index (κ1) is 18.6. The van der Waals surface area contributed by atoms with E-state index in [9.17, 15) is 26.3 Å². The molecule has 0 radical (unpaired) electrons. The lowest BCUT2D eigenvalue weighted by Gasteiger charge is -2.27. The molecule has 6 heteroatoms. The van der Waals surface area contributed by atoms with E-state index in [0.717, 1.165) is 6.92 Å². The summed E-state index contributed by atoms with van der Waals surface area (Å²) in [5.41, 5.74) is 0. The molecular formula is C13H22F6. The number of hydrogen-bond donors (Lipinski definition) is 0. The normalized spacial score (nSPS) is 18.5. The Morgan fingerprint density at radius 3 is 1.53 bits per heavy atom. The monoisotopic (exact) mass is 292 g/mol. The second-order valence-corrected chi connectivity index (χ2v) is 5.75. The van der Waals surface area contributed by atoms with Gasteiger partial charge in [-0.2, -0.15) is 26.3 Å². The fourth-order valence-corrected chi connectivity index (χ4v) is 2.03. The highest BCUT2D eigenvalue weighted by Gasteiger charge is 2.42. The van der Waals surface area contributed by atoms with Crippen molar-refractivity contribution in [3.8, 4) is 0 Å². The third-order valence-corrected chi connectivity index (χ3v) is 3.53. The van der Waals surface area contributed by atoms with Crippen LogP contribution in [0, 0.1) is 23.7 Å². The molecule has 0 amide bonds. The van der Waals surface area contributed by atoms with Crippen LogP contribution in [0.3, 0.4) is 0 Å². The molecule has 0 aliphatic heterocycles. The molecule has 0 aromatic carbocycles. The highest BCUT2D eigenvalue weighted by molar-refractivity contribution is 4.74. The van der Waals surface area contributed by atoms with Gasteiger partial charge in [0.1, 0.15) is 0 Å². The third kappa shape index (κ3) is 7.06. The molecule has 0 nitrogen and oxygen atoms in total. The lowest BCUT2D eigenvalue weighted by Crippen LogP contribution is -2.29. The van der Waals surface area contributed by atoms with Crippen LogP contribution in [0.5, 0.6) is 0 Å². The van der Waals surface area contributed by atoms with E-state index < -0.39 is 30.1 Å². The van der Waals surface area contributed by atoms with Crippen LogP contribution in [0.25, 0.3) is 0 Å². The highest BCUT2D eigenvalue weighted by atomic mass is 19.4. The molecule has 0 aromatic heterocycles. The SMILES string of the molecule is CC(CCC(C)C(F)(F)F)CC(C(C)C)C(F)(F)F. The van der Waals surface area contributed by atoms with Gasteiger partial charge in [-0.05, 0) is 24.7 Å². The molecule has 0 spiro atoms. The van der Waals surface area contributed by atoms with Gasteiger partial charge in [-0.15, -0.1) is 0 Å². The first-order chi connectivity index (χ1) is 8.35. The molecule has 0 bridgehead atoms. The Hall–Kier alpha value is -0.420. The van der Waals surface area contributed by atoms with Gasteiger partial charge >= 0.3 is 12.4 Å². The lowest BCUT2D eigenvalue weighted by atomic mass is 9.84. The molecule has 0 saturated heterocycles. The second kappa shape index (κ2) is 6.84. The van der Waals surface area contributed by atoms with Gasteiger partial charge in [-0.25, -0.2) is 0 Å². The largest absolute Gasteiger partial charge is 0.392 e. The van der Waals surface area contributed by atoms with E-state index in [4.69, 9.17) is 0 Å². The minimum Gasteiger partial charge on any atom is -0.171 e. The Morgan fingerprint density at radius 2 is 1.21 bits per heavy atom. The molecule has 3 atom stereocenters. The predicted octanol–water partition coefficient (Wildman–Crippen LogP) is 5.83. The van der Waals surface area contributed by atoms with Crippen LogP contribution in [-0.2, 0) is 0 Å². The van der Waals surface area contributed by atoms with Gasteiger partial charge in [-0.3, -0.25) is 0 Å². The maximum Gasteiger partial charge on any atom is 0.392 e. The molecule has 0 N–H and O–H groups in total. The number of hydrogen-bond acceptors (Lipinski definition) is 0. The Bertz CT molecular complexity index is 253. The number of rotatable bonds is 6. The zero-order valence-electron chi connectivity index (χ0n) is 11.7. The van der Waals surface area contributed by atoms with Crippen molar-refractivity contribution in [2.75, 3.05) is 0 Å². The van der Waals surface area contributed by atoms with E-state index in [1.165, 1.54) is 13.8 Å². The van der Waals surface area contributed by atoms with Crippen molar-refractivity contribution in [3.05, 3.63) is 0 Å². The molecule has 0 aliphatic rings. The van der Waals surface area contributed by atoms with E-state index in [1.807, 2.05) is 0 Å². The van der Waals surface area contributed by atoms with E-state index in [-0.39, 0.29) is 25.2 Å². The van der Waals surface area contributed by atoms with E-state index in [1.54, 1.807) is 6.92 Å². The Kier molecular flexibility index (Phi) is 6.69. The van der Waals surface area contributed by atoms with Gasteiger partial charge in [0.05, 0.1) is 11.8 Å². The predicted molar refractivity (Wildman–Crippen MR) is 62.6 cm³/mol. The molecule has 0 aromatic rings. The summed E-state index contributed by atoms with van der Waals surface area (Å²) in [5.74, 6) is -3.82. The summed E-state index contributed by atoms with van der Waals surface area (Å²) in [5, 5.41) is 0. The summed E-state index contributed by atoms with van der Waals surface area (Å²) in [6, 6.07) is 0. The van der Waals surface area contributed by atoms with Crippen molar-refractivity contribution in [1.82, 2.24) is 0 Å². The zero-order chi connectivity index (χ0) is 15.4. The van der Waals surface area contributed by atoms with Crippen molar-refractivity contribution in [3.63, 3.8) is 0 Å². The summed E-state index contributed by atoms with van der Waals surface area (Å²) < 4.78 is 75.1. The molecular weight excluding hydrogens is 270 g/mol. The van der Waals surface area contributed by atoms with E-state index in [0.29, 0.717) is 0 Å². The van der Waals surface area contributed by atoms with Gasteiger partial charge in [0.15, 0.2) is 0 Å². The number of alkyl halides is 6. The van der Waals surface area contributed by atoms with Crippen molar-refractivity contribution >= 4 is 0 Å². The van der Waals surface area contributed by atoms with Crippen LogP contribution in [0.1, 0.15) is 47.0 Å². The highest BCUT2D eigenvalue weighted by Crippen LogP contribution is 2.38. The lowest BCUT2D eigenvalue weighted by molar-refractivity contribution is -0.191. The van der Waals surface area contributed by atoms with E-state index in [2.05, 4.69) is 0 Å². The minimum atomic E-state index is -4.28. The summed E-state index contributed by atoms with van der Waals surface area (Å²) in [7, 11) is 0. The Balaban J connectivity index is 4.33. The van der Waals surface area contributed by atoms with Crippen LogP contribution >= 0.6 is 0 Å². The van der Waals surface area contributed by atoms with Crippen molar-refractivity contribution in [2.45, 2.75) is 59.3 Å². The summed E-state index contributed by atoms with van der Waals surface area (Å²) in [6.07, 6.45) is -8.60. The third-order valence-electron chi connectivity index (χ3n) is 3.53. The quantitative estimate of drug-likeness (QED) is 0.541. The molecule has 116 valence electrons. The topological polar surface area (TPSA) is 0 Å². The summed E-state index contributed by atoms with van der Waals surface area (Å²) >= 11 is 0. The molecule has 0 aliphatic carbocycles. The molecule has 19 heavy (non-hydrogen) atoms. The van der Waals surface area contributed by atoms with Crippen LogP contribution in [-0.4, -0.2) is 12.4 Å². The van der Waals surface area contributed by atoms with Crippen molar-refractivity contribution < 1.29 is 26.3 Å². The first-order valence-corrected chi connectivity index (χ1v) is 6.49.